The van der Waals surface area contributed by atoms with Crippen LogP contribution in [0.1, 0.15) is 22.8 Å². The number of carboxylic acids is 2. The zero-order valence-corrected chi connectivity index (χ0v) is 17.9. The highest BCUT2D eigenvalue weighted by Gasteiger charge is 2.35. The van der Waals surface area contributed by atoms with Gasteiger partial charge in [0.2, 0.25) is 5.91 Å². The van der Waals surface area contributed by atoms with Crippen molar-refractivity contribution >= 4 is 40.9 Å². The van der Waals surface area contributed by atoms with Crippen molar-refractivity contribution in [1.82, 2.24) is 10.2 Å². The standard InChI is InChI=1S/C21H24N2O5S2/c24-19(25)11-23-10-18(15-8-9-29-12-15)30-13-17(20(23)26)22-16(21(27)28)7-6-14-4-2-1-3-5-14/h1-5,8-9,12,16-18,22H,6-7,10-11,13H2,(H,24,25)(H,27,28)/t16-,17-,18?/m0/s1. The molecule has 160 valence electrons. The molecular weight excluding hydrogens is 424 g/mol. The van der Waals surface area contributed by atoms with E-state index in [1.54, 1.807) is 23.1 Å². The van der Waals surface area contributed by atoms with Gasteiger partial charge in [-0.25, -0.2) is 0 Å². The molecule has 2 heterocycles. The molecule has 1 aliphatic heterocycles. The van der Waals surface area contributed by atoms with Gasteiger partial charge in [-0.15, -0.1) is 11.8 Å². The lowest BCUT2D eigenvalue weighted by Crippen LogP contribution is -2.53. The van der Waals surface area contributed by atoms with E-state index in [-0.39, 0.29) is 17.7 Å². The van der Waals surface area contributed by atoms with Crippen molar-refractivity contribution in [3.05, 3.63) is 58.3 Å². The molecule has 3 atom stereocenters. The number of carbonyl (C=O) groups excluding carboxylic acids is 1. The van der Waals surface area contributed by atoms with Gasteiger partial charge in [-0.2, -0.15) is 11.3 Å². The van der Waals surface area contributed by atoms with Gasteiger partial charge in [-0.1, -0.05) is 30.3 Å². The van der Waals surface area contributed by atoms with Crippen LogP contribution in [0.25, 0.3) is 0 Å². The smallest absolute Gasteiger partial charge is 0.323 e. The van der Waals surface area contributed by atoms with Gasteiger partial charge in [-0.05, 0) is 40.8 Å². The minimum atomic E-state index is -1.09. The van der Waals surface area contributed by atoms with Crippen molar-refractivity contribution in [1.29, 1.82) is 0 Å². The average Bonchev–Trinajstić information content (AvgIpc) is 3.21. The van der Waals surface area contributed by atoms with E-state index in [0.29, 0.717) is 18.6 Å². The van der Waals surface area contributed by atoms with E-state index < -0.39 is 30.6 Å². The first kappa shape index (κ1) is 22.3. The molecule has 1 amide bonds. The molecule has 7 nitrogen and oxygen atoms in total. The van der Waals surface area contributed by atoms with Gasteiger partial charge in [0.15, 0.2) is 0 Å². The summed E-state index contributed by atoms with van der Waals surface area (Å²) in [6, 6.07) is 9.89. The second-order valence-electron chi connectivity index (χ2n) is 7.13. The molecule has 1 fully saturated rings. The number of carbonyl (C=O) groups is 3. The Balaban J connectivity index is 1.72. The number of carboxylic acid groups (broad SMARTS) is 2. The molecule has 0 aliphatic carbocycles. The summed E-state index contributed by atoms with van der Waals surface area (Å²) in [7, 11) is 0. The first-order valence-electron chi connectivity index (χ1n) is 9.61. The van der Waals surface area contributed by atoms with Crippen LogP contribution in [0, 0.1) is 0 Å². The molecule has 30 heavy (non-hydrogen) atoms. The maximum absolute atomic E-state index is 13.0. The second-order valence-corrected chi connectivity index (χ2v) is 9.14. The number of nitrogens with one attached hydrogen (secondary N) is 1. The third-order valence-electron chi connectivity index (χ3n) is 4.97. The summed E-state index contributed by atoms with van der Waals surface area (Å²) in [6.45, 7) is -0.119. The quantitative estimate of drug-likeness (QED) is 0.541. The topological polar surface area (TPSA) is 107 Å². The number of hydrogen-bond acceptors (Lipinski definition) is 6. The van der Waals surface area contributed by atoms with E-state index in [1.165, 1.54) is 4.90 Å². The van der Waals surface area contributed by atoms with Crippen molar-refractivity contribution in [2.75, 3.05) is 18.8 Å². The maximum Gasteiger partial charge on any atom is 0.323 e. The fourth-order valence-corrected chi connectivity index (χ4v) is 5.50. The lowest BCUT2D eigenvalue weighted by atomic mass is 10.0. The van der Waals surface area contributed by atoms with E-state index in [2.05, 4.69) is 5.32 Å². The SMILES string of the molecule is O=C(O)CN1CC(c2ccsc2)SC[C@H](N[C@@H](CCc2ccccc2)C(=O)O)C1=O. The van der Waals surface area contributed by atoms with Crippen LogP contribution in [0.3, 0.4) is 0 Å². The molecule has 3 N–H and O–H groups in total. The molecule has 0 saturated carbocycles. The summed E-state index contributed by atoms with van der Waals surface area (Å²) in [5.41, 5.74) is 2.07. The molecule has 1 saturated heterocycles. The zero-order chi connectivity index (χ0) is 21.5. The van der Waals surface area contributed by atoms with Gasteiger partial charge >= 0.3 is 11.9 Å². The number of aliphatic carboxylic acids is 2. The highest BCUT2D eigenvalue weighted by molar-refractivity contribution is 7.99. The van der Waals surface area contributed by atoms with E-state index >= 15 is 0 Å². The van der Waals surface area contributed by atoms with Crippen LogP contribution in [-0.2, 0) is 20.8 Å². The van der Waals surface area contributed by atoms with Crippen molar-refractivity contribution in [2.24, 2.45) is 0 Å². The molecule has 0 bridgehead atoms. The summed E-state index contributed by atoms with van der Waals surface area (Å²) < 4.78 is 0. The van der Waals surface area contributed by atoms with E-state index in [0.717, 1.165) is 11.1 Å². The van der Waals surface area contributed by atoms with Gasteiger partial charge in [0, 0.05) is 17.5 Å². The van der Waals surface area contributed by atoms with Gasteiger partial charge in [0.05, 0.1) is 6.04 Å². The second kappa shape index (κ2) is 10.6. The monoisotopic (exact) mass is 448 g/mol. The van der Waals surface area contributed by atoms with Crippen LogP contribution in [-0.4, -0.2) is 63.9 Å². The van der Waals surface area contributed by atoms with Crippen molar-refractivity contribution in [3.8, 4) is 0 Å². The molecular formula is C21H24N2O5S2. The van der Waals surface area contributed by atoms with E-state index in [9.17, 15) is 24.6 Å². The van der Waals surface area contributed by atoms with E-state index in [1.807, 2.05) is 47.2 Å². The number of thiophene rings is 1. The lowest BCUT2D eigenvalue weighted by molar-refractivity contribution is -0.146. The molecule has 3 rings (SSSR count). The molecule has 1 aromatic heterocycles. The Bertz CT molecular complexity index is 860. The molecule has 0 spiro atoms. The Labute approximate surface area is 183 Å². The van der Waals surface area contributed by atoms with Gasteiger partial charge < -0.3 is 15.1 Å². The highest BCUT2D eigenvalue weighted by Crippen LogP contribution is 2.34. The fraction of sp³-hybridized carbons (Fsp3) is 0.381. The maximum atomic E-state index is 13.0. The normalized spacial score (nSPS) is 20.5. The largest absolute Gasteiger partial charge is 0.480 e. The summed E-state index contributed by atoms with van der Waals surface area (Å²) >= 11 is 3.10. The first-order valence-corrected chi connectivity index (χ1v) is 11.6. The van der Waals surface area contributed by atoms with Gasteiger partial charge in [0.1, 0.15) is 12.6 Å². The summed E-state index contributed by atoms with van der Waals surface area (Å²) in [6.07, 6.45) is 0.899. The molecule has 1 unspecified atom stereocenters. The Morgan fingerprint density at radius 3 is 2.60 bits per heavy atom. The summed E-state index contributed by atoms with van der Waals surface area (Å²) in [4.78, 5) is 37.5. The number of thioether (sulfide) groups is 1. The Hall–Kier alpha value is -2.36. The Kier molecular flexibility index (Phi) is 7.89. The lowest BCUT2D eigenvalue weighted by Gasteiger charge is -2.26. The highest BCUT2D eigenvalue weighted by atomic mass is 32.2. The van der Waals surface area contributed by atoms with Crippen LogP contribution >= 0.6 is 23.1 Å². The summed E-state index contributed by atoms with van der Waals surface area (Å²) in [5.74, 6) is -2.09. The van der Waals surface area contributed by atoms with Crippen LogP contribution in [0.15, 0.2) is 47.2 Å². The van der Waals surface area contributed by atoms with Crippen molar-refractivity contribution in [2.45, 2.75) is 30.2 Å². The number of aryl methyl sites for hydroxylation is 1. The molecule has 1 aliphatic rings. The fourth-order valence-electron chi connectivity index (χ4n) is 3.41. The van der Waals surface area contributed by atoms with Crippen molar-refractivity contribution < 1.29 is 24.6 Å². The van der Waals surface area contributed by atoms with Gasteiger partial charge in [0.25, 0.3) is 0 Å². The van der Waals surface area contributed by atoms with E-state index in [4.69, 9.17) is 0 Å². The minimum absolute atomic E-state index is 0.0426. The first-order chi connectivity index (χ1) is 14.4. The molecule has 1 aromatic carbocycles. The Morgan fingerprint density at radius 1 is 1.20 bits per heavy atom. The molecule has 0 radical (unpaired) electrons. The number of amides is 1. The van der Waals surface area contributed by atoms with Crippen LogP contribution in [0.2, 0.25) is 0 Å². The minimum Gasteiger partial charge on any atom is -0.480 e. The third kappa shape index (κ3) is 6.07. The predicted octanol–water partition coefficient (Wildman–Crippen LogP) is 2.49. The number of benzene rings is 1. The zero-order valence-electron chi connectivity index (χ0n) is 16.3. The molecule has 9 heteroatoms. The number of nitrogens with zero attached hydrogens (tertiary/aromatic N) is 1. The Morgan fingerprint density at radius 2 is 1.97 bits per heavy atom. The van der Waals surface area contributed by atoms with Gasteiger partial charge in [-0.3, -0.25) is 19.7 Å². The third-order valence-corrected chi connectivity index (χ3v) is 7.02. The molecule has 2 aromatic rings. The summed E-state index contributed by atoms with van der Waals surface area (Å²) in [5, 5.41) is 25.8. The van der Waals surface area contributed by atoms with Crippen LogP contribution in [0.5, 0.6) is 0 Å². The van der Waals surface area contributed by atoms with Crippen LogP contribution < -0.4 is 5.32 Å². The predicted molar refractivity (Wildman–Crippen MR) is 117 cm³/mol. The average molecular weight is 449 g/mol. The van der Waals surface area contributed by atoms with Crippen molar-refractivity contribution in [3.63, 3.8) is 0 Å². The number of rotatable bonds is 9. The number of hydrogen-bond donors (Lipinski definition) is 3. The van der Waals surface area contributed by atoms with Crippen LogP contribution in [0.4, 0.5) is 0 Å².